The molecule has 0 spiro atoms. The maximum Gasteiger partial charge on any atom is 0.229 e. The number of carbonyl (C=O) groups excluding carboxylic acids is 1. The number of nitrogens with zero attached hydrogens (tertiary/aromatic N) is 3. The molecule has 1 heterocycles. The van der Waals surface area contributed by atoms with E-state index in [-0.39, 0.29) is 5.91 Å². The number of likely N-dealkylation sites (N-methyl/N-ethyl adjacent to an activating group) is 1. The largest absolute Gasteiger partial charge is 0.337 e. The molecule has 0 saturated carbocycles. The fourth-order valence-corrected chi connectivity index (χ4v) is 1.88. The van der Waals surface area contributed by atoms with Gasteiger partial charge in [0.2, 0.25) is 5.91 Å². The van der Waals surface area contributed by atoms with Gasteiger partial charge in [-0.25, -0.2) is 0 Å². The summed E-state index contributed by atoms with van der Waals surface area (Å²) in [5.74, 6) is 0.398. The second-order valence-corrected chi connectivity index (χ2v) is 6.18. The van der Waals surface area contributed by atoms with E-state index in [4.69, 9.17) is 11.6 Å². The average molecular weight is 298 g/mol. The summed E-state index contributed by atoms with van der Waals surface area (Å²) in [4.78, 5) is 20.6. The number of aromatic nitrogens is 1. The Morgan fingerprint density at radius 1 is 1.35 bits per heavy atom. The van der Waals surface area contributed by atoms with Crippen molar-refractivity contribution in [3.8, 4) is 0 Å². The molecule has 0 radical (unpaired) electrons. The molecule has 0 unspecified atom stereocenters. The predicted octanol–water partition coefficient (Wildman–Crippen LogP) is 2.24. The average Bonchev–Trinajstić information content (AvgIpc) is 2.43. The van der Waals surface area contributed by atoms with E-state index in [2.05, 4.69) is 9.88 Å². The predicted molar refractivity (Wildman–Crippen MR) is 82.7 cm³/mol. The maximum atomic E-state index is 12.6. The summed E-state index contributed by atoms with van der Waals surface area (Å²) in [6.45, 7) is 5.84. The third-order valence-corrected chi connectivity index (χ3v) is 3.78. The van der Waals surface area contributed by atoms with E-state index in [0.717, 1.165) is 12.1 Å². The molecule has 5 heteroatoms. The molecule has 1 amide bonds. The smallest absolute Gasteiger partial charge is 0.229 e. The lowest BCUT2D eigenvalue weighted by Crippen LogP contribution is -2.44. The van der Waals surface area contributed by atoms with Crippen LogP contribution in [0, 0.1) is 5.41 Å². The van der Waals surface area contributed by atoms with Gasteiger partial charge in [0.15, 0.2) is 0 Å². The van der Waals surface area contributed by atoms with Gasteiger partial charge in [0, 0.05) is 37.9 Å². The summed E-state index contributed by atoms with van der Waals surface area (Å²) in [5.41, 5.74) is 0.487. The Morgan fingerprint density at radius 3 is 2.55 bits per heavy atom. The molecule has 112 valence electrons. The highest BCUT2D eigenvalue weighted by molar-refractivity contribution is 6.19. The second kappa shape index (κ2) is 7.60. The van der Waals surface area contributed by atoms with E-state index in [1.807, 2.05) is 45.0 Å². The molecule has 0 aliphatic rings. The first-order valence-corrected chi connectivity index (χ1v) is 7.29. The molecule has 0 atom stereocenters. The van der Waals surface area contributed by atoms with Gasteiger partial charge in [0.05, 0.1) is 5.41 Å². The molecule has 0 aliphatic carbocycles. The highest BCUT2D eigenvalue weighted by atomic mass is 35.5. The van der Waals surface area contributed by atoms with Crippen molar-refractivity contribution in [1.82, 2.24) is 14.8 Å². The summed E-state index contributed by atoms with van der Waals surface area (Å²) >= 11 is 5.93. The SMILES string of the molecule is CN(C)CCN(Cc1cccnc1)C(=O)C(C)(C)CCl. The lowest BCUT2D eigenvalue weighted by Gasteiger charge is -2.31. The minimum absolute atomic E-state index is 0.0817. The maximum absolute atomic E-state index is 12.6. The summed E-state index contributed by atoms with van der Waals surface area (Å²) in [6.07, 6.45) is 3.53. The van der Waals surface area contributed by atoms with Gasteiger partial charge in [-0.05, 0) is 39.6 Å². The van der Waals surface area contributed by atoms with Gasteiger partial charge in [-0.15, -0.1) is 11.6 Å². The van der Waals surface area contributed by atoms with Gasteiger partial charge in [0.25, 0.3) is 0 Å². The van der Waals surface area contributed by atoms with E-state index in [1.165, 1.54) is 0 Å². The molecule has 1 aromatic rings. The molecule has 4 nitrogen and oxygen atoms in total. The van der Waals surface area contributed by atoms with Crippen molar-refractivity contribution in [2.75, 3.05) is 33.1 Å². The number of alkyl halides is 1. The van der Waals surface area contributed by atoms with Crippen molar-refractivity contribution in [3.05, 3.63) is 30.1 Å². The van der Waals surface area contributed by atoms with Crippen LogP contribution in [0.1, 0.15) is 19.4 Å². The minimum atomic E-state index is -0.546. The van der Waals surface area contributed by atoms with Gasteiger partial charge < -0.3 is 9.80 Å². The van der Waals surface area contributed by atoms with E-state index >= 15 is 0 Å². The van der Waals surface area contributed by atoms with Crippen LogP contribution in [0.3, 0.4) is 0 Å². The quantitative estimate of drug-likeness (QED) is 0.724. The van der Waals surface area contributed by atoms with Gasteiger partial charge in [-0.3, -0.25) is 9.78 Å². The lowest BCUT2D eigenvalue weighted by molar-refractivity contribution is -0.140. The molecule has 0 saturated heterocycles. The molecule has 20 heavy (non-hydrogen) atoms. The van der Waals surface area contributed by atoms with E-state index < -0.39 is 5.41 Å². The van der Waals surface area contributed by atoms with Crippen molar-refractivity contribution in [1.29, 1.82) is 0 Å². The zero-order valence-electron chi connectivity index (χ0n) is 12.8. The van der Waals surface area contributed by atoms with Crippen LogP contribution in [0.2, 0.25) is 0 Å². The van der Waals surface area contributed by atoms with Gasteiger partial charge in [-0.1, -0.05) is 6.07 Å². The van der Waals surface area contributed by atoms with Crippen LogP contribution in [-0.4, -0.2) is 53.8 Å². The molecule has 0 aliphatic heterocycles. The fraction of sp³-hybridized carbons (Fsp3) is 0.600. The van der Waals surface area contributed by atoms with Crippen molar-refractivity contribution in [2.45, 2.75) is 20.4 Å². The topological polar surface area (TPSA) is 36.4 Å². The molecule has 0 bridgehead atoms. The van der Waals surface area contributed by atoms with Crippen LogP contribution < -0.4 is 0 Å². The lowest BCUT2D eigenvalue weighted by atomic mass is 9.94. The molecular weight excluding hydrogens is 274 g/mol. The minimum Gasteiger partial charge on any atom is -0.337 e. The van der Waals surface area contributed by atoms with Crippen LogP contribution in [-0.2, 0) is 11.3 Å². The molecule has 0 fully saturated rings. The Balaban J connectivity index is 2.82. The molecular formula is C15H24ClN3O. The Kier molecular flexibility index (Phi) is 6.43. The van der Waals surface area contributed by atoms with Gasteiger partial charge in [-0.2, -0.15) is 0 Å². The summed E-state index contributed by atoms with van der Waals surface area (Å²) < 4.78 is 0. The molecule has 0 aromatic carbocycles. The van der Waals surface area contributed by atoms with Crippen LogP contribution in [0.25, 0.3) is 0 Å². The molecule has 0 N–H and O–H groups in total. The number of pyridine rings is 1. The third-order valence-electron chi connectivity index (χ3n) is 3.11. The standard InChI is InChI=1S/C15H24ClN3O/c1-15(2,12-16)14(20)19(9-8-18(3)4)11-13-6-5-7-17-10-13/h5-7,10H,8-9,11-12H2,1-4H3. The number of amides is 1. The molecule has 1 rings (SSSR count). The van der Waals surface area contributed by atoms with Crippen molar-refractivity contribution in [2.24, 2.45) is 5.41 Å². The van der Waals surface area contributed by atoms with Crippen LogP contribution in [0.15, 0.2) is 24.5 Å². The van der Waals surface area contributed by atoms with E-state index in [9.17, 15) is 4.79 Å². The van der Waals surface area contributed by atoms with E-state index in [0.29, 0.717) is 19.0 Å². The van der Waals surface area contributed by atoms with Crippen LogP contribution in [0.5, 0.6) is 0 Å². The van der Waals surface area contributed by atoms with Crippen molar-refractivity contribution < 1.29 is 4.79 Å². The number of rotatable bonds is 7. The van der Waals surface area contributed by atoms with Crippen molar-refractivity contribution >= 4 is 17.5 Å². The van der Waals surface area contributed by atoms with Gasteiger partial charge >= 0.3 is 0 Å². The second-order valence-electron chi connectivity index (χ2n) is 5.91. The summed E-state index contributed by atoms with van der Waals surface area (Å²) in [6, 6.07) is 3.87. The Bertz CT molecular complexity index is 420. The van der Waals surface area contributed by atoms with E-state index in [1.54, 1.807) is 12.4 Å². The number of hydrogen-bond acceptors (Lipinski definition) is 3. The monoisotopic (exact) mass is 297 g/mol. The first kappa shape index (κ1) is 16.9. The first-order valence-electron chi connectivity index (χ1n) is 6.76. The Labute approximate surface area is 126 Å². The molecule has 1 aromatic heterocycles. The van der Waals surface area contributed by atoms with Crippen molar-refractivity contribution in [3.63, 3.8) is 0 Å². The van der Waals surface area contributed by atoms with Crippen LogP contribution in [0.4, 0.5) is 0 Å². The zero-order valence-corrected chi connectivity index (χ0v) is 13.5. The number of hydrogen-bond donors (Lipinski definition) is 0. The fourth-order valence-electron chi connectivity index (χ4n) is 1.77. The number of carbonyl (C=O) groups is 1. The normalized spacial score (nSPS) is 11.7. The summed E-state index contributed by atoms with van der Waals surface area (Å²) in [5, 5.41) is 0. The first-order chi connectivity index (χ1) is 9.36. The zero-order chi connectivity index (χ0) is 15.2. The summed E-state index contributed by atoms with van der Waals surface area (Å²) in [7, 11) is 4.00. The Morgan fingerprint density at radius 2 is 2.05 bits per heavy atom. The highest BCUT2D eigenvalue weighted by Crippen LogP contribution is 2.21. The van der Waals surface area contributed by atoms with Crippen LogP contribution >= 0.6 is 11.6 Å². The third kappa shape index (κ3) is 5.10. The Hall–Kier alpha value is -1.13. The highest BCUT2D eigenvalue weighted by Gasteiger charge is 2.31. The number of halogens is 1. The van der Waals surface area contributed by atoms with Gasteiger partial charge in [0.1, 0.15) is 0 Å².